The fourth-order valence-corrected chi connectivity index (χ4v) is 2.03. The number of hydrogen-bond acceptors (Lipinski definition) is 3. The van der Waals surface area contributed by atoms with Crippen LogP contribution in [0.2, 0.25) is 0 Å². The summed E-state index contributed by atoms with van der Waals surface area (Å²) in [6.07, 6.45) is 6.92. The van der Waals surface area contributed by atoms with Crippen LogP contribution in [0.5, 0.6) is 0 Å². The van der Waals surface area contributed by atoms with Crippen molar-refractivity contribution in [3.05, 3.63) is 0 Å². The van der Waals surface area contributed by atoms with Crippen LogP contribution in [0.25, 0.3) is 0 Å². The van der Waals surface area contributed by atoms with Crippen LogP contribution in [0.15, 0.2) is 0 Å². The van der Waals surface area contributed by atoms with Gasteiger partial charge in [-0.15, -0.1) is 0 Å². The molecular weight excluding hydrogens is 220 g/mol. The summed E-state index contributed by atoms with van der Waals surface area (Å²) in [6, 6.07) is 0. The molecule has 1 heterocycles. The third kappa shape index (κ3) is 6.03. The molecule has 4 heteroatoms. The van der Waals surface area contributed by atoms with Crippen molar-refractivity contribution in [3.8, 4) is 0 Å². The fourth-order valence-electron chi connectivity index (χ4n) is 2.03. The maximum absolute atomic E-state index is 10.7. The van der Waals surface area contributed by atoms with Gasteiger partial charge in [0.1, 0.15) is 0 Å². The zero-order chi connectivity index (χ0) is 12.5. The Morgan fingerprint density at radius 3 is 2.71 bits per heavy atom. The Morgan fingerprint density at radius 1 is 1.29 bits per heavy atom. The second kappa shape index (κ2) is 8.48. The van der Waals surface area contributed by atoms with E-state index in [4.69, 9.17) is 14.6 Å². The van der Waals surface area contributed by atoms with E-state index < -0.39 is 12.1 Å². The van der Waals surface area contributed by atoms with E-state index in [1.807, 2.05) is 0 Å². The lowest BCUT2D eigenvalue weighted by atomic mass is 10.2. The van der Waals surface area contributed by atoms with Gasteiger partial charge in [-0.2, -0.15) is 0 Å². The van der Waals surface area contributed by atoms with Crippen LogP contribution in [-0.2, 0) is 14.3 Å². The maximum atomic E-state index is 10.7. The molecule has 1 fully saturated rings. The average Bonchev–Trinajstić information content (AvgIpc) is 2.77. The first kappa shape index (κ1) is 14.5. The Bertz CT molecular complexity index is 217. The Morgan fingerprint density at radius 2 is 2.06 bits per heavy atom. The average molecular weight is 244 g/mol. The third-order valence-corrected chi connectivity index (χ3v) is 3.08. The fraction of sp³-hybridized carbons (Fsp3) is 0.923. The molecule has 0 aromatic heterocycles. The molecule has 17 heavy (non-hydrogen) atoms. The van der Waals surface area contributed by atoms with Gasteiger partial charge in [0.2, 0.25) is 0 Å². The molecule has 0 bridgehead atoms. The van der Waals surface area contributed by atoms with Gasteiger partial charge in [0.05, 0.1) is 12.7 Å². The van der Waals surface area contributed by atoms with E-state index in [0.29, 0.717) is 13.0 Å². The molecule has 100 valence electrons. The zero-order valence-electron chi connectivity index (χ0n) is 10.7. The molecule has 1 aliphatic heterocycles. The molecule has 4 nitrogen and oxygen atoms in total. The molecule has 0 radical (unpaired) electrons. The van der Waals surface area contributed by atoms with Crippen molar-refractivity contribution < 1.29 is 19.4 Å². The predicted molar refractivity (Wildman–Crippen MR) is 65.1 cm³/mol. The standard InChI is InChI=1S/C13H24O4/c1-2-3-4-5-6-9-16-10-11-7-8-12(17-11)13(14)15/h11-12H,2-10H2,1H3,(H,14,15). The van der Waals surface area contributed by atoms with Crippen molar-refractivity contribution in [3.63, 3.8) is 0 Å². The lowest BCUT2D eigenvalue weighted by Gasteiger charge is -2.11. The Hall–Kier alpha value is -0.610. The van der Waals surface area contributed by atoms with Gasteiger partial charge in [-0.05, 0) is 19.3 Å². The van der Waals surface area contributed by atoms with E-state index in [2.05, 4.69) is 6.92 Å². The summed E-state index contributed by atoms with van der Waals surface area (Å²) in [6.45, 7) is 3.51. The number of aliphatic carboxylic acids is 1. The second-order valence-electron chi connectivity index (χ2n) is 4.65. The van der Waals surface area contributed by atoms with Crippen molar-refractivity contribution in [1.29, 1.82) is 0 Å². The van der Waals surface area contributed by atoms with E-state index in [-0.39, 0.29) is 6.10 Å². The summed E-state index contributed by atoms with van der Waals surface area (Å²) in [5.41, 5.74) is 0. The molecule has 0 aromatic rings. The summed E-state index contributed by atoms with van der Waals surface area (Å²) >= 11 is 0. The number of carboxylic acids is 1. The molecule has 2 atom stereocenters. The second-order valence-corrected chi connectivity index (χ2v) is 4.65. The van der Waals surface area contributed by atoms with Crippen molar-refractivity contribution in [1.82, 2.24) is 0 Å². The highest BCUT2D eigenvalue weighted by atomic mass is 16.6. The monoisotopic (exact) mass is 244 g/mol. The van der Waals surface area contributed by atoms with Crippen molar-refractivity contribution in [2.24, 2.45) is 0 Å². The van der Waals surface area contributed by atoms with Crippen LogP contribution in [0.1, 0.15) is 51.9 Å². The van der Waals surface area contributed by atoms with Gasteiger partial charge >= 0.3 is 5.97 Å². The summed E-state index contributed by atoms with van der Waals surface area (Å²) in [5, 5.41) is 8.76. The zero-order valence-corrected chi connectivity index (χ0v) is 10.7. The van der Waals surface area contributed by atoms with Crippen LogP contribution in [0, 0.1) is 0 Å². The summed E-state index contributed by atoms with van der Waals surface area (Å²) < 4.78 is 10.9. The minimum Gasteiger partial charge on any atom is -0.479 e. The molecule has 2 unspecified atom stereocenters. The number of carbonyl (C=O) groups is 1. The smallest absolute Gasteiger partial charge is 0.332 e. The Kier molecular flexibility index (Phi) is 7.21. The van der Waals surface area contributed by atoms with Crippen molar-refractivity contribution in [2.75, 3.05) is 13.2 Å². The van der Waals surface area contributed by atoms with Gasteiger partial charge in [-0.3, -0.25) is 0 Å². The van der Waals surface area contributed by atoms with Gasteiger partial charge in [0.25, 0.3) is 0 Å². The van der Waals surface area contributed by atoms with Gasteiger partial charge in [0, 0.05) is 6.61 Å². The van der Waals surface area contributed by atoms with Crippen LogP contribution in [-0.4, -0.2) is 36.5 Å². The van der Waals surface area contributed by atoms with Gasteiger partial charge in [-0.1, -0.05) is 32.6 Å². The van der Waals surface area contributed by atoms with Crippen molar-refractivity contribution >= 4 is 5.97 Å². The molecule has 0 amide bonds. The first-order valence-electron chi connectivity index (χ1n) is 6.70. The van der Waals surface area contributed by atoms with E-state index in [1.54, 1.807) is 0 Å². The first-order valence-corrected chi connectivity index (χ1v) is 6.70. The van der Waals surface area contributed by atoms with E-state index >= 15 is 0 Å². The molecule has 0 aromatic carbocycles. The molecule has 1 saturated heterocycles. The third-order valence-electron chi connectivity index (χ3n) is 3.08. The topological polar surface area (TPSA) is 55.8 Å². The number of rotatable bonds is 9. The van der Waals surface area contributed by atoms with Gasteiger partial charge in [-0.25, -0.2) is 4.79 Å². The maximum Gasteiger partial charge on any atom is 0.332 e. The Labute approximate surface area is 103 Å². The number of ether oxygens (including phenoxy) is 2. The van der Waals surface area contributed by atoms with Crippen LogP contribution in [0.3, 0.4) is 0 Å². The molecule has 0 aliphatic carbocycles. The normalized spacial score (nSPS) is 24.1. The molecule has 1 N–H and O–H groups in total. The van der Waals surface area contributed by atoms with E-state index in [9.17, 15) is 4.79 Å². The lowest BCUT2D eigenvalue weighted by Crippen LogP contribution is -2.22. The van der Waals surface area contributed by atoms with E-state index in [0.717, 1.165) is 19.4 Å². The van der Waals surface area contributed by atoms with Crippen LogP contribution < -0.4 is 0 Å². The SMILES string of the molecule is CCCCCCCOCC1CCC(C(=O)O)O1. The summed E-state index contributed by atoms with van der Waals surface area (Å²) in [7, 11) is 0. The van der Waals surface area contributed by atoms with Crippen molar-refractivity contribution in [2.45, 2.75) is 64.1 Å². The number of carboxylic acid groups (broad SMARTS) is 1. The van der Waals surface area contributed by atoms with Crippen LogP contribution in [0.4, 0.5) is 0 Å². The molecule has 1 aliphatic rings. The van der Waals surface area contributed by atoms with Crippen LogP contribution >= 0.6 is 0 Å². The van der Waals surface area contributed by atoms with E-state index in [1.165, 1.54) is 25.7 Å². The molecule has 0 spiro atoms. The summed E-state index contributed by atoms with van der Waals surface area (Å²) in [4.78, 5) is 10.7. The number of unbranched alkanes of at least 4 members (excludes halogenated alkanes) is 4. The molecule has 1 rings (SSSR count). The quantitative estimate of drug-likeness (QED) is 0.633. The molecule has 0 saturated carbocycles. The highest BCUT2D eigenvalue weighted by molar-refractivity contribution is 5.72. The minimum atomic E-state index is -0.855. The Balaban J connectivity index is 1.92. The van der Waals surface area contributed by atoms with Gasteiger partial charge < -0.3 is 14.6 Å². The summed E-state index contributed by atoms with van der Waals surface area (Å²) in [5.74, 6) is -0.855. The first-order chi connectivity index (χ1) is 8.24. The lowest BCUT2D eigenvalue weighted by molar-refractivity contribution is -0.150. The molecular formula is C13H24O4. The minimum absolute atomic E-state index is 0.0215. The highest BCUT2D eigenvalue weighted by Crippen LogP contribution is 2.20. The number of hydrogen-bond donors (Lipinski definition) is 1. The van der Waals surface area contributed by atoms with Gasteiger partial charge in [0.15, 0.2) is 6.10 Å². The highest BCUT2D eigenvalue weighted by Gasteiger charge is 2.30. The largest absolute Gasteiger partial charge is 0.479 e. The predicted octanol–water partition coefficient (Wildman–Crippen LogP) is 2.61.